The Labute approximate surface area is 193 Å². The van der Waals surface area contributed by atoms with Gasteiger partial charge in [-0.1, -0.05) is 41.5 Å². The van der Waals surface area contributed by atoms with Crippen LogP contribution in [0.15, 0.2) is 0 Å². The second-order valence-electron chi connectivity index (χ2n) is 13.5. The molecule has 10 atom stereocenters. The van der Waals surface area contributed by atoms with Gasteiger partial charge in [0.15, 0.2) is 0 Å². The molecule has 4 rings (SSSR count). The molecule has 0 heterocycles. The zero-order valence-corrected chi connectivity index (χ0v) is 21.5. The summed E-state index contributed by atoms with van der Waals surface area (Å²) in [6.07, 6.45) is 14.8. The van der Waals surface area contributed by atoms with E-state index in [2.05, 4.69) is 41.5 Å². The standard InChI is InChI=1S/C29H52O2/c1-7-29(31)17-16-27(5)21(18-29)9-10-22-24-12-11-23(28(24,6)15-14-25(22)27)20(4)8-13-26(30)19(2)3/h19-26,30-31H,7-18H2,1-6H3/t20-,21?,22+,23-,24+,25+,26+,27+,28-,29+/m1/s1. The Bertz CT molecular complexity index is 630. The van der Waals surface area contributed by atoms with Crippen LogP contribution in [0, 0.1) is 52.3 Å². The van der Waals surface area contributed by atoms with E-state index in [1.165, 1.54) is 51.4 Å². The van der Waals surface area contributed by atoms with Gasteiger partial charge >= 0.3 is 0 Å². The molecule has 180 valence electrons. The fourth-order valence-corrected chi connectivity index (χ4v) is 9.59. The van der Waals surface area contributed by atoms with Crippen molar-refractivity contribution in [2.75, 3.05) is 0 Å². The van der Waals surface area contributed by atoms with E-state index >= 15 is 0 Å². The first-order chi connectivity index (χ1) is 14.5. The summed E-state index contributed by atoms with van der Waals surface area (Å²) in [5, 5.41) is 21.4. The van der Waals surface area contributed by atoms with E-state index in [0.29, 0.717) is 16.7 Å². The number of rotatable bonds is 6. The Kier molecular flexibility index (Phi) is 6.68. The largest absolute Gasteiger partial charge is 0.393 e. The molecule has 0 amide bonds. The van der Waals surface area contributed by atoms with E-state index < -0.39 is 0 Å². The topological polar surface area (TPSA) is 40.5 Å². The van der Waals surface area contributed by atoms with Gasteiger partial charge in [-0.05, 0) is 129 Å². The molecule has 4 saturated carbocycles. The van der Waals surface area contributed by atoms with Gasteiger partial charge in [0, 0.05) is 0 Å². The Hall–Kier alpha value is -0.0800. The van der Waals surface area contributed by atoms with Gasteiger partial charge < -0.3 is 10.2 Å². The molecule has 2 nitrogen and oxygen atoms in total. The fourth-order valence-electron chi connectivity index (χ4n) is 9.59. The summed E-state index contributed by atoms with van der Waals surface area (Å²) in [4.78, 5) is 0. The van der Waals surface area contributed by atoms with Gasteiger partial charge in [0.25, 0.3) is 0 Å². The van der Waals surface area contributed by atoms with E-state index in [-0.39, 0.29) is 11.7 Å². The molecule has 2 heteroatoms. The van der Waals surface area contributed by atoms with Crippen LogP contribution < -0.4 is 0 Å². The van der Waals surface area contributed by atoms with Crippen LogP contribution in [0.5, 0.6) is 0 Å². The van der Waals surface area contributed by atoms with E-state index in [9.17, 15) is 10.2 Å². The molecular weight excluding hydrogens is 380 g/mol. The van der Waals surface area contributed by atoms with E-state index in [4.69, 9.17) is 0 Å². The summed E-state index contributed by atoms with van der Waals surface area (Å²) < 4.78 is 0. The van der Waals surface area contributed by atoms with Gasteiger partial charge in [-0.25, -0.2) is 0 Å². The van der Waals surface area contributed by atoms with Gasteiger partial charge in [0.2, 0.25) is 0 Å². The van der Waals surface area contributed by atoms with Gasteiger partial charge in [-0.3, -0.25) is 0 Å². The highest BCUT2D eigenvalue weighted by Crippen LogP contribution is 2.69. The smallest absolute Gasteiger partial charge is 0.0648 e. The lowest BCUT2D eigenvalue weighted by Gasteiger charge is -2.62. The van der Waals surface area contributed by atoms with Crippen molar-refractivity contribution < 1.29 is 10.2 Å². The van der Waals surface area contributed by atoms with Crippen molar-refractivity contribution in [1.29, 1.82) is 0 Å². The second-order valence-corrected chi connectivity index (χ2v) is 13.5. The molecular formula is C29H52O2. The molecule has 0 saturated heterocycles. The van der Waals surface area contributed by atoms with Crippen molar-refractivity contribution in [3.05, 3.63) is 0 Å². The molecule has 4 aliphatic carbocycles. The highest BCUT2D eigenvalue weighted by molar-refractivity contribution is 5.10. The summed E-state index contributed by atoms with van der Waals surface area (Å²) in [7, 11) is 0. The highest BCUT2D eigenvalue weighted by atomic mass is 16.3. The molecule has 1 unspecified atom stereocenters. The number of aliphatic hydroxyl groups is 2. The summed E-state index contributed by atoms with van der Waals surface area (Å²) in [5.74, 6) is 5.44. The molecule has 0 bridgehead atoms. The van der Waals surface area contributed by atoms with Crippen molar-refractivity contribution >= 4 is 0 Å². The first-order valence-corrected chi connectivity index (χ1v) is 13.9. The fraction of sp³-hybridized carbons (Fsp3) is 1.00. The molecule has 0 radical (unpaired) electrons. The minimum Gasteiger partial charge on any atom is -0.393 e. The maximum atomic E-state index is 11.0. The average molecular weight is 433 g/mol. The summed E-state index contributed by atoms with van der Waals surface area (Å²) in [6.45, 7) is 14.2. The van der Waals surface area contributed by atoms with Crippen LogP contribution in [-0.4, -0.2) is 21.9 Å². The molecule has 0 spiro atoms. The SMILES string of the molecule is CC[C@]1(O)CC[C@@]2(C)C(CC[C@H]3[C@@H]4CC[C@H]([C@H](C)CC[C@H](O)C(C)C)[C@@]4(C)CC[C@@H]32)C1. The lowest BCUT2D eigenvalue weighted by molar-refractivity contribution is -0.152. The lowest BCUT2D eigenvalue weighted by Crippen LogP contribution is -2.56. The molecule has 31 heavy (non-hydrogen) atoms. The normalized spacial score (nSPS) is 49.3. The minimum atomic E-state index is -0.380. The van der Waals surface area contributed by atoms with Gasteiger partial charge in [-0.15, -0.1) is 0 Å². The van der Waals surface area contributed by atoms with Crippen LogP contribution in [0.3, 0.4) is 0 Å². The van der Waals surface area contributed by atoms with Gasteiger partial charge in [0.1, 0.15) is 0 Å². The van der Waals surface area contributed by atoms with E-state index in [1.807, 2.05) is 0 Å². The Morgan fingerprint density at radius 1 is 0.839 bits per heavy atom. The third kappa shape index (κ3) is 4.05. The van der Waals surface area contributed by atoms with Crippen LogP contribution in [0.25, 0.3) is 0 Å². The molecule has 0 aromatic heterocycles. The predicted octanol–water partition coefficient (Wildman–Crippen LogP) is 7.22. The van der Waals surface area contributed by atoms with E-state index in [1.54, 1.807) is 0 Å². The summed E-state index contributed by atoms with van der Waals surface area (Å²) in [5.41, 5.74) is 0.608. The van der Waals surface area contributed by atoms with Crippen LogP contribution in [-0.2, 0) is 0 Å². The van der Waals surface area contributed by atoms with Crippen molar-refractivity contribution in [3.8, 4) is 0 Å². The van der Waals surface area contributed by atoms with Crippen molar-refractivity contribution in [2.45, 2.75) is 130 Å². The Balaban J connectivity index is 1.46. The zero-order valence-electron chi connectivity index (χ0n) is 21.5. The molecule has 2 N–H and O–H groups in total. The van der Waals surface area contributed by atoms with Gasteiger partial charge in [0.05, 0.1) is 11.7 Å². The quantitative estimate of drug-likeness (QED) is 0.465. The van der Waals surface area contributed by atoms with Crippen LogP contribution in [0.2, 0.25) is 0 Å². The van der Waals surface area contributed by atoms with Crippen molar-refractivity contribution in [2.24, 2.45) is 52.3 Å². The summed E-state index contributed by atoms with van der Waals surface area (Å²) in [6, 6.07) is 0. The number of fused-ring (bicyclic) bond motifs is 5. The van der Waals surface area contributed by atoms with Crippen LogP contribution in [0.4, 0.5) is 0 Å². The number of hydrogen-bond donors (Lipinski definition) is 2. The molecule has 4 fully saturated rings. The van der Waals surface area contributed by atoms with Crippen LogP contribution in [0.1, 0.15) is 119 Å². The summed E-state index contributed by atoms with van der Waals surface area (Å²) >= 11 is 0. The monoisotopic (exact) mass is 432 g/mol. The first-order valence-electron chi connectivity index (χ1n) is 13.9. The average Bonchev–Trinajstić information content (AvgIpc) is 3.09. The molecule has 4 aliphatic rings. The van der Waals surface area contributed by atoms with Crippen LogP contribution >= 0.6 is 0 Å². The van der Waals surface area contributed by atoms with Gasteiger partial charge in [-0.2, -0.15) is 0 Å². The predicted molar refractivity (Wildman–Crippen MR) is 130 cm³/mol. The minimum absolute atomic E-state index is 0.133. The number of aliphatic hydroxyl groups excluding tert-OH is 1. The lowest BCUT2D eigenvalue weighted by atomic mass is 9.43. The molecule has 0 aromatic carbocycles. The highest BCUT2D eigenvalue weighted by Gasteiger charge is 2.61. The maximum absolute atomic E-state index is 11.0. The Morgan fingerprint density at radius 2 is 1.55 bits per heavy atom. The van der Waals surface area contributed by atoms with E-state index in [0.717, 1.165) is 61.2 Å². The molecule has 0 aromatic rings. The van der Waals surface area contributed by atoms with Crippen molar-refractivity contribution in [3.63, 3.8) is 0 Å². The zero-order chi connectivity index (χ0) is 22.6. The third-order valence-electron chi connectivity index (χ3n) is 11.9. The Morgan fingerprint density at radius 3 is 2.23 bits per heavy atom. The second kappa shape index (κ2) is 8.61. The number of hydrogen-bond acceptors (Lipinski definition) is 2. The first kappa shape index (κ1) is 24.1. The van der Waals surface area contributed by atoms with Crippen molar-refractivity contribution in [1.82, 2.24) is 0 Å². The maximum Gasteiger partial charge on any atom is 0.0648 e. The third-order valence-corrected chi connectivity index (χ3v) is 11.9. The molecule has 0 aliphatic heterocycles.